The van der Waals surface area contributed by atoms with E-state index in [1.165, 1.54) is 0 Å². The highest BCUT2D eigenvalue weighted by atomic mass is 16.5. The number of carboxylic acid groups (broad SMARTS) is 1. The van der Waals surface area contributed by atoms with E-state index in [0.717, 1.165) is 5.69 Å². The van der Waals surface area contributed by atoms with Gasteiger partial charge in [0.15, 0.2) is 0 Å². The predicted molar refractivity (Wildman–Crippen MR) is 63.1 cm³/mol. The molecule has 0 saturated heterocycles. The molecule has 0 bridgehead atoms. The minimum absolute atomic E-state index is 0.562. The number of benzene rings is 1. The number of aliphatic carboxylic acids is 1. The highest BCUT2D eigenvalue weighted by Gasteiger charge is 2.19. The molecule has 4 heteroatoms. The van der Waals surface area contributed by atoms with Gasteiger partial charge in [0.05, 0.1) is 12.3 Å². The highest BCUT2D eigenvalue weighted by molar-refractivity contribution is 5.78. The zero-order valence-corrected chi connectivity index (χ0v) is 9.80. The summed E-state index contributed by atoms with van der Waals surface area (Å²) in [6, 6.07) is 6.84. The lowest BCUT2D eigenvalue weighted by atomic mass is 10.2. The maximum absolute atomic E-state index is 10.9. The second kappa shape index (κ2) is 5.39. The van der Waals surface area contributed by atoms with Gasteiger partial charge in [-0.2, -0.15) is 0 Å². The van der Waals surface area contributed by atoms with Crippen molar-refractivity contribution < 1.29 is 14.6 Å². The van der Waals surface area contributed by atoms with Gasteiger partial charge in [-0.15, -0.1) is 0 Å². The molecule has 1 unspecified atom stereocenters. The predicted octanol–water partition coefficient (Wildman–Crippen LogP) is 1.99. The van der Waals surface area contributed by atoms with Gasteiger partial charge in [0, 0.05) is 7.05 Å². The molecule has 0 aliphatic carbocycles. The number of carboxylic acids is 1. The van der Waals surface area contributed by atoms with Crippen LogP contribution in [-0.4, -0.2) is 30.8 Å². The summed E-state index contributed by atoms with van der Waals surface area (Å²) in [5.41, 5.74) is 0.791. The fourth-order valence-electron chi connectivity index (χ4n) is 1.40. The van der Waals surface area contributed by atoms with Gasteiger partial charge in [-0.3, -0.25) is 0 Å². The van der Waals surface area contributed by atoms with Crippen molar-refractivity contribution in [3.8, 4) is 5.75 Å². The van der Waals surface area contributed by atoms with Crippen LogP contribution in [0.1, 0.15) is 13.8 Å². The van der Waals surface area contributed by atoms with Crippen molar-refractivity contribution in [3.05, 3.63) is 24.3 Å². The van der Waals surface area contributed by atoms with E-state index in [4.69, 9.17) is 9.84 Å². The fourth-order valence-corrected chi connectivity index (χ4v) is 1.40. The molecule has 16 heavy (non-hydrogen) atoms. The van der Waals surface area contributed by atoms with Crippen LogP contribution in [0.25, 0.3) is 0 Å². The quantitative estimate of drug-likeness (QED) is 0.829. The fraction of sp³-hybridized carbons (Fsp3) is 0.417. The SMILES string of the molecule is CCOc1ccccc1N(C)C(C)C(=O)O. The molecule has 0 heterocycles. The van der Waals surface area contributed by atoms with Crippen molar-refractivity contribution in [2.75, 3.05) is 18.6 Å². The van der Waals surface area contributed by atoms with Crippen LogP contribution in [0.5, 0.6) is 5.75 Å². The van der Waals surface area contributed by atoms with Crippen molar-refractivity contribution in [1.29, 1.82) is 0 Å². The number of hydrogen-bond acceptors (Lipinski definition) is 3. The summed E-state index contributed by atoms with van der Waals surface area (Å²) in [7, 11) is 1.75. The van der Waals surface area contributed by atoms with Crippen molar-refractivity contribution in [2.45, 2.75) is 19.9 Å². The first-order valence-corrected chi connectivity index (χ1v) is 5.25. The van der Waals surface area contributed by atoms with Crippen LogP contribution < -0.4 is 9.64 Å². The topological polar surface area (TPSA) is 49.8 Å². The minimum Gasteiger partial charge on any atom is -0.492 e. The summed E-state index contributed by atoms with van der Waals surface area (Å²) in [6.45, 7) is 4.11. The summed E-state index contributed by atoms with van der Waals surface area (Å²) < 4.78 is 5.45. The molecule has 4 nitrogen and oxygen atoms in total. The number of likely N-dealkylation sites (N-methyl/N-ethyl adjacent to an activating group) is 1. The first kappa shape index (κ1) is 12.4. The number of carbonyl (C=O) groups is 1. The Morgan fingerprint density at radius 1 is 1.50 bits per heavy atom. The van der Waals surface area contributed by atoms with Crippen molar-refractivity contribution in [1.82, 2.24) is 0 Å². The van der Waals surface area contributed by atoms with Gasteiger partial charge in [-0.05, 0) is 26.0 Å². The molecule has 0 fully saturated rings. The maximum Gasteiger partial charge on any atom is 0.326 e. The van der Waals surface area contributed by atoms with Gasteiger partial charge in [-0.25, -0.2) is 4.79 Å². The molecule has 1 atom stereocenters. The lowest BCUT2D eigenvalue weighted by Crippen LogP contribution is -2.36. The molecule has 0 aromatic heterocycles. The number of rotatable bonds is 5. The van der Waals surface area contributed by atoms with E-state index in [-0.39, 0.29) is 0 Å². The molecule has 0 saturated carbocycles. The minimum atomic E-state index is -0.853. The van der Waals surface area contributed by atoms with Gasteiger partial charge < -0.3 is 14.7 Å². The molecular formula is C12H17NO3. The summed E-state index contributed by atoms with van der Waals surface area (Å²) in [4.78, 5) is 12.6. The molecule has 1 aromatic carbocycles. The molecular weight excluding hydrogens is 206 g/mol. The van der Waals surface area contributed by atoms with E-state index in [2.05, 4.69) is 0 Å². The molecule has 88 valence electrons. The van der Waals surface area contributed by atoms with E-state index >= 15 is 0 Å². The van der Waals surface area contributed by atoms with Gasteiger partial charge in [0.1, 0.15) is 11.8 Å². The number of anilines is 1. The summed E-state index contributed by atoms with van der Waals surface area (Å²) in [6.07, 6.45) is 0. The maximum atomic E-state index is 10.9. The van der Waals surface area contributed by atoms with E-state index < -0.39 is 12.0 Å². The van der Waals surface area contributed by atoms with Gasteiger partial charge in [0.25, 0.3) is 0 Å². The van der Waals surface area contributed by atoms with Crippen LogP contribution in [0.2, 0.25) is 0 Å². The Balaban J connectivity index is 2.97. The third kappa shape index (κ3) is 2.66. The first-order chi connectivity index (χ1) is 7.57. The number of hydrogen-bond donors (Lipinski definition) is 1. The van der Waals surface area contributed by atoms with Gasteiger partial charge >= 0.3 is 5.97 Å². The summed E-state index contributed by atoms with van der Waals surface area (Å²) in [5, 5.41) is 8.95. The second-order valence-electron chi connectivity index (χ2n) is 3.53. The van der Waals surface area contributed by atoms with Crippen LogP contribution >= 0.6 is 0 Å². The Hall–Kier alpha value is -1.71. The van der Waals surface area contributed by atoms with Crippen LogP contribution in [0, 0.1) is 0 Å². The van der Waals surface area contributed by atoms with Crippen molar-refractivity contribution in [3.63, 3.8) is 0 Å². The first-order valence-electron chi connectivity index (χ1n) is 5.25. The molecule has 1 N–H and O–H groups in total. The van der Waals surface area contributed by atoms with Crippen LogP contribution in [-0.2, 0) is 4.79 Å². The molecule has 0 amide bonds. The normalized spacial score (nSPS) is 11.9. The Morgan fingerprint density at radius 3 is 2.69 bits per heavy atom. The van der Waals surface area contributed by atoms with E-state index in [1.807, 2.05) is 31.2 Å². The molecule has 0 aliphatic heterocycles. The Labute approximate surface area is 95.5 Å². The van der Waals surface area contributed by atoms with Crippen LogP contribution in [0.15, 0.2) is 24.3 Å². The number of nitrogens with zero attached hydrogens (tertiary/aromatic N) is 1. The second-order valence-corrected chi connectivity index (χ2v) is 3.53. The zero-order chi connectivity index (χ0) is 12.1. The Bertz CT molecular complexity index is 365. The highest BCUT2D eigenvalue weighted by Crippen LogP contribution is 2.28. The van der Waals surface area contributed by atoms with Gasteiger partial charge in [-0.1, -0.05) is 12.1 Å². The van der Waals surface area contributed by atoms with E-state index in [0.29, 0.717) is 12.4 Å². The third-order valence-electron chi connectivity index (χ3n) is 2.48. The largest absolute Gasteiger partial charge is 0.492 e. The van der Waals surface area contributed by atoms with E-state index in [9.17, 15) is 4.79 Å². The molecule has 0 spiro atoms. The Morgan fingerprint density at radius 2 is 2.12 bits per heavy atom. The third-order valence-corrected chi connectivity index (χ3v) is 2.48. The standard InChI is InChI=1S/C12H17NO3/c1-4-16-11-8-6-5-7-10(11)13(3)9(2)12(14)15/h5-9H,4H2,1-3H3,(H,14,15). The average molecular weight is 223 g/mol. The lowest BCUT2D eigenvalue weighted by Gasteiger charge is -2.25. The lowest BCUT2D eigenvalue weighted by molar-refractivity contribution is -0.138. The van der Waals surface area contributed by atoms with Crippen molar-refractivity contribution >= 4 is 11.7 Å². The summed E-state index contributed by atoms with van der Waals surface area (Å²) >= 11 is 0. The van der Waals surface area contributed by atoms with E-state index in [1.54, 1.807) is 18.9 Å². The molecule has 1 aromatic rings. The zero-order valence-electron chi connectivity index (χ0n) is 9.80. The summed E-state index contributed by atoms with van der Waals surface area (Å²) in [5.74, 6) is -0.144. The molecule has 0 radical (unpaired) electrons. The Kier molecular flexibility index (Phi) is 4.17. The smallest absolute Gasteiger partial charge is 0.326 e. The van der Waals surface area contributed by atoms with Crippen LogP contribution in [0.4, 0.5) is 5.69 Å². The molecule has 1 rings (SSSR count). The molecule has 0 aliphatic rings. The van der Waals surface area contributed by atoms with Crippen LogP contribution in [0.3, 0.4) is 0 Å². The van der Waals surface area contributed by atoms with Crippen molar-refractivity contribution in [2.24, 2.45) is 0 Å². The number of ether oxygens (including phenoxy) is 1. The number of para-hydroxylation sites is 2. The monoisotopic (exact) mass is 223 g/mol. The average Bonchev–Trinajstić information content (AvgIpc) is 2.28. The van der Waals surface area contributed by atoms with Gasteiger partial charge in [0.2, 0.25) is 0 Å².